The van der Waals surface area contributed by atoms with Crippen LogP contribution in [0.3, 0.4) is 0 Å². The second-order valence-corrected chi connectivity index (χ2v) is 6.01. The van der Waals surface area contributed by atoms with E-state index in [1.807, 2.05) is 59.1 Å². The fraction of sp³-hybridized carbons (Fsp3) is 0. The largest absolute Gasteiger partial charge is 0.300 e. The van der Waals surface area contributed by atoms with Crippen molar-refractivity contribution < 1.29 is 9.59 Å². The lowest BCUT2D eigenvalue weighted by molar-refractivity contribution is -0.115. The molecule has 1 aromatic carbocycles. The third-order valence-corrected chi connectivity index (χ3v) is 4.33. The van der Waals surface area contributed by atoms with Crippen LogP contribution < -0.4 is 5.32 Å². The Morgan fingerprint density at radius 3 is 2.57 bits per heavy atom. The molecule has 0 atom stereocenters. The molecule has 0 aliphatic carbocycles. The normalized spacial score (nSPS) is 16.3. The summed E-state index contributed by atoms with van der Waals surface area (Å²) in [5.41, 5.74) is 3.29. The van der Waals surface area contributed by atoms with Crippen LogP contribution >= 0.6 is 11.8 Å². The second kappa shape index (κ2) is 5.40. The first-order valence-electron chi connectivity index (χ1n) is 7.00. The number of thioether (sulfide) groups is 1. The number of carbonyl (C=O) groups excluding carboxylic acids is 2. The van der Waals surface area contributed by atoms with Crippen molar-refractivity contribution in [1.82, 2.24) is 14.7 Å². The first-order chi connectivity index (χ1) is 11.2. The minimum absolute atomic E-state index is 0.351. The minimum atomic E-state index is -0.370. The summed E-state index contributed by atoms with van der Waals surface area (Å²) < 4.78 is 1.91. The summed E-state index contributed by atoms with van der Waals surface area (Å²) in [7, 11) is 0. The van der Waals surface area contributed by atoms with Gasteiger partial charge in [-0.15, -0.1) is 0 Å². The molecule has 0 unspecified atom stereocenters. The van der Waals surface area contributed by atoms with Gasteiger partial charge in [-0.1, -0.05) is 36.4 Å². The molecule has 1 aliphatic rings. The van der Waals surface area contributed by atoms with E-state index in [9.17, 15) is 9.59 Å². The highest BCUT2D eigenvalue weighted by Gasteiger charge is 2.26. The number of fused-ring (bicyclic) bond motifs is 1. The molecule has 2 amide bonds. The van der Waals surface area contributed by atoms with Crippen LogP contribution in [0.5, 0.6) is 0 Å². The van der Waals surface area contributed by atoms with Gasteiger partial charge < -0.3 is 0 Å². The van der Waals surface area contributed by atoms with Crippen molar-refractivity contribution in [1.29, 1.82) is 0 Å². The minimum Gasteiger partial charge on any atom is -0.300 e. The molecule has 1 saturated heterocycles. The standard InChI is InChI=1S/C17H11N3O2S/c21-16-13(23-17(22)19-16)10-12-15(11-6-2-1-3-7-11)18-14-8-4-5-9-20(12)14/h1-10H,(H,19,21,22). The maximum Gasteiger partial charge on any atom is 0.290 e. The quantitative estimate of drug-likeness (QED) is 0.735. The van der Waals surface area contributed by atoms with Crippen LogP contribution in [0.4, 0.5) is 4.79 Å². The summed E-state index contributed by atoms with van der Waals surface area (Å²) in [4.78, 5) is 28.3. The van der Waals surface area contributed by atoms with Crippen molar-refractivity contribution in [2.24, 2.45) is 0 Å². The van der Waals surface area contributed by atoms with Crippen LogP contribution in [-0.2, 0) is 4.79 Å². The van der Waals surface area contributed by atoms with E-state index in [1.165, 1.54) is 0 Å². The van der Waals surface area contributed by atoms with E-state index in [4.69, 9.17) is 0 Å². The van der Waals surface area contributed by atoms with E-state index < -0.39 is 0 Å². The van der Waals surface area contributed by atoms with Gasteiger partial charge in [-0.05, 0) is 30.0 Å². The number of nitrogens with zero attached hydrogens (tertiary/aromatic N) is 2. The number of amides is 2. The van der Waals surface area contributed by atoms with Gasteiger partial charge in [0.15, 0.2) is 0 Å². The van der Waals surface area contributed by atoms with Crippen LogP contribution in [-0.4, -0.2) is 20.5 Å². The maximum atomic E-state index is 11.8. The Labute approximate surface area is 136 Å². The van der Waals surface area contributed by atoms with E-state index >= 15 is 0 Å². The van der Waals surface area contributed by atoms with E-state index in [-0.39, 0.29) is 11.1 Å². The Kier molecular flexibility index (Phi) is 3.24. The van der Waals surface area contributed by atoms with E-state index in [0.717, 1.165) is 34.4 Å². The number of nitrogens with one attached hydrogen (secondary N) is 1. The molecule has 1 fully saturated rings. The summed E-state index contributed by atoms with van der Waals surface area (Å²) in [5.74, 6) is -0.370. The van der Waals surface area contributed by atoms with Gasteiger partial charge in [0, 0.05) is 11.8 Å². The highest BCUT2D eigenvalue weighted by molar-refractivity contribution is 8.18. The molecule has 0 bridgehead atoms. The molecule has 0 spiro atoms. The van der Waals surface area contributed by atoms with Crippen LogP contribution in [0.25, 0.3) is 23.0 Å². The number of rotatable bonds is 2. The maximum absolute atomic E-state index is 11.8. The number of carbonyl (C=O) groups is 2. The molecule has 112 valence electrons. The SMILES string of the molecule is O=C1NC(=O)C(=Cc2c(-c3ccccc3)nc3ccccn23)S1. The van der Waals surface area contributed by atoms with Gasteiger partial charge in [0.2, 0.25) is 0 Å². The molecular weight excluding hydrogens is 310 g/mol. The van der Waals surface area contributed by atoms with Gasteiger partial charge in [0.05, 0.1) is 16.3 Å². The average molecular weight is 321 g/mol. The monoisotopic (exact) mass is 321 g/mol. The van der Waals surface area contributed by atoms with Gasteiger partial charge in [-0.2, -0.15) is 0 Å². The fourth-order valence-electron chi connectivity index (χ4n) is 2.51. The molecular formula is C17H11N3O2S. The molecule has 0 radical (unpaired) electrons. The number of pyridine rings is 1. The number of benzene rings is 1. The summed E-state index contributed by atoms with van der Waals surface area (Å²) in [5, 5.41) is 1.92. The van der Waals surface area contributed by atoms with Crippen molar-refractivity contribution in [3.05, 3.63) is 65.3 Å². The molecule has 6 heteroatoms. The highest BCUT2D eigenvalue weighted by Crippen LogP contribution is 2.30. The Morgan fingerprint density at radius 1 is 1.04 bits per heavy atom. The summed E-state index contributed by atoms with van der Waals surface area (Å²) in [6.07, 6.45) is 3.60. The first-order valence-corrected chi connectivity index (χ1v) is 7.81. The van der Waals surface area contributed by atoms with E-state index in [1.54, 1.807) is 6.08 Å². The predicted molar refractivity (Wildman–Crippen MR) is 89.7 cm³/mol. The van der Waals surface area contributed by atoms with Gasteiger partial charge in [-0.25, -0.2) is 4.98 Å². The van der Waals surface area contributed by atoms with Crippen molar-refractivity contribution in [2.75, 3.05) is 0 Å². The molecule has 3 aromatic rings. The lowest BCUT2D eigenvalue weighted by atomic mass is 10.1. The van der Waals surface area contributed by atoms with Crippen molar-refractivity contribution >= 4 is 34.6 Å². The number of imidazole rings is 1. The summed E-state index contributed by atoms with van der Waals surface area (Å²) in [6.45, 7) is 0. The zero-order valence-electron chi connectivity index (χ0n) is 11.9. The Balaban J connectivity index is 1.95. The van der Waals surface area contributed by atoms with Crippen molar-refractivity contribution in [3.8, 4) is 11.3 Å². The van der Waals surface area contributed by atoms with E-state index in [0.29, 0.717) is 4.91 Å². The number of hydrogen-bond acceptors (Lipinski definition) is 4. The van der Waals surface area contributed by atoms with Crippen LogP contribution in [0, 0.1) is 0 Å². The Hall–Kier alpha value is -2.86. The number of imide groups is 1. The molecule has 0 saturated carbocycles. The predicted octanol–water partition coefficient (Wildman–Crippen LogP) is 3.33. The van der Waals surface area contributed by atoms with Gasteiger partial charge >= 0.3 is 0 Å². The molecule has 4 rings (SSSR count). The fourth-order valence-corrected chi connectivity index (χ4v) is 3.16. The van der Waals surface area contributed by atoms with Crippen molar-refractivity contribution in [2.45, 2.75) is 0 Å². The topological polar surface area (TPSA) is 63.5 Å². The van der Waals surface area contributed by atoms with Gasteiger partial charge in [0.25, 0.3) is 11.1 Å². The van der Waals surface area contributed by atoms with E-state index in [2.05, 4.69) is 10.3 Å². The zero-order valence-corrected chi connectivity index (χ0v) is 12.7. The zero-order chi connectivity index (χ0) is 15.8. The lowest BCUT2D eigenvalue weighted by Crippen LogP contribution is -2.17. The Morgan fingerprint density at radius 2 is 1.83 bits per heavy atom. The molecule has 3 heterocycles. The van der Waals surface area contributed by atoms with Gasteiger partial charge in [-0.3, -0.25) is 19.3 Å². The molecule has 23 heavy (non-hydrogen) atoms. The number of hydrogen-bond donors (Lipinski definition) is 1. The van der Waals surface area contributed by atoms with Crippen molar-refractivity contribution in [3.63, 3.8) is 0 Å². The van der Waals surface area contributed by atoms with Crippen LogP contribution in [0.2, 0.25) is 0 Å². The third kappa shape index (κ3) is 2.43. The average Bonchev–Trinajstić information content (AvgIpc) is 3.09. The van der Waals surface area contributed by atoms with Gasteiger partial charge in [0.1, 0.15) is 5.65 Å². The first kappa shape index (κ1) is 13.8. The molecule has 1 aliphatic heterocycles. The summed E-state index contributed by atoms with van der Waals surface area (Å²) >= 11 is 0.905. The van der Waals surface area contributed by atoms with Crippen LogP contribution in [0.1, 0.15) is 5.69 Å². The van der Waals surface area contributed by atoms with Crippen LogP contribution in [0.15, 0.2) is 59.6 Å². The molecule has 5 nitrogen and oxygen atoms in total. The smallest absolute Gasteiger partial charge is 0.290 e. The summed E-state index contributed by atoms with van der Waals surface area (Å²) in [6, 6.07) is 15.5. The second-order valence-electron chi connectivity index (χ2n) is 4.99. The number of aromatic nitrogens is 2. The Bertz CT molecular complexity index is 960. The molecule has 2 aromatic heterocycles. The highest BCUT2D eigenvalue weighted by atomic mass is 32.2. The molecule has 1 N–H and O–H groups in total. The lowest BCUT2D eigenvalue weighted by Gasteiger charge is -2.01. The third-order valence-electron chi connectivity index (χ3n) is 3.52.